The number of alkyl halides is 3. The van der Waals surface area contributed by atoms with Gasteiger partial charge in [0.05, 0.1) is 5.56 Å². The summed E-state index contributed by atoms with van der Waals surface area (Å²) in [7, 11) is 0. The lowest BCUT2D eigenvalue weighted by atomic mass is 10.0. The highest BCUT2D eigenvalue weighted by Crippen LogP contribution is 2.29. The molecular weight excluding hydrogens is 359 g/mol. The first-order chi connectivity index (χ1) is 12.6. The van der Waals surface area contributed by atoms with Crippen molar-refractivity contribution in [3.63, 3.8) is 0 Å². The third-order valence-electron chi connectivity index (χ3n) is 4.66. The minimum Gasteiger partial charge on any atom is -0.344 e. The molecule has 1 saturated heterocycles. The molecule has 150 valence electrons. The highest BCUT2D eigenvalue weighted by atomic mass is 19.4. The van der Waals surface area contributed by atoms with Crippen molar-refractivity contribution in [1.82, 2.24) is 15.1 Å². The summed E-state index contributed by atoms with van der Waals surface area (Å²) in [4.78, 5) is 27.8. The first-order valence-corrected chi connectivity index (χ1v) is 9.02. The van der Waals surface area contributed by atoms with Crippen molar-refractivity contribution in [3.05, 3.63) is 35.4 Å². The zero-order valence-electron chi connectivity index (χ0n) is 15.8. The predicted molar refractivity (Wildman–Crippen MR) is 95.7 cm³/mol. The van der Waals surface area contributed by atoms with Gasteiger partial charge in [0.15, 0.2) is 0 Å². The third kappa shape index (κ3) is 5.95. The number of hydrogen-bond acceptors (Lipinski definition) is 3. The molecule has 1 heterocycles. The van der Waals surface area contributed by atoms with Gasteiger partial charge < -0.3 is 10.2 Å². The molecule has 0 aromatic heterocycles. The van der Waals surface area contributed by atoms with E-state index in [4.69, 9.17) is 0 Å². The Morgan fingerprint density at radius 3 is 2.07 bits per heavy atom. The van der Waals surface area contributed by atoms with E-state index >= 15 is 0 Å². The van der Waals surface area contributed by atoms with Gasteiger partial charge in [-0.1, -0.05) is 26.0 Å². The molecule has 1 atom stereocenters. The average molecular weight is 385 g/mol. The van der Waals surface area contributed by atoms with Gasteiger partial charge in [-0.15, -0.1) is 0 Å². The topological polar surface area (TPSA) is 52.7 Å². The van der Waals surface area contributed by atoms with E-state index in [2.05, 4.69) is 10.2 Å². The molecule has 2 rings (SSSR count). The number of piperazine rings is 1. The van der Waals surface area contributed by atoms with Crippen LogP contribution in [0.1, 0.15) is 31.9 Å². The summed E-state index contributed by atoms with van der Waals surface area (Å²) in [5, 5.41) is 2.71. The molecule has 0 radical (unpaired) electrons. The van der Waals surface area contributed by atoms with Gasteiger partial charge in [0.1, 0.15) is 6.04 Å². The minimum atomic E-state index is -4.33. The molecule has 5 nitrogen and oxygen atoms in total. The van der Waals surface area contributed by atoms with Crippen molar-refractivity contribution >= 4 is 11.8 Å². The minimum absolute atomic E-state index is 0.00780. The zero-order chi connectivity index (χ0) is 20.2. The molecule has 27 heavy (non-hydrogen) atoms. The van der Waals surface area contributed by atoms with E-state index in [1.54, 1.807) is 4.90 Å². The molecule has 1 aliphatic heterocycles. The Kier molecular flexibility index (Phi) is 6.86. The highest BCUT2D eigenvalue weighted by molar-refractivity contribution is 5.87. The van der Waals surface area contributed by atoms with Gasteiger partial charge in [0, 0.05) is 39.6 Å². The number of halogens is 3. The van der Waals surface area contributed by atoms with E-state index < -0.39 is 17.8 Å². The lowest BCUT2D eigenvalue weighted by molar-refractivity contribution is -0.139. The number of benzene rings is 1. The first kappa shape index (κ1) is 21.2. The summed E-state index contributed by atoms with van der Waals surface area (Å²) >= 11 is 0. The number of nitrogens with one attached hydrogen (secondary N) is 1. The van der Waals surface area contributed by atoms with Crippen molar-refractivity contribution in [3.8, 4) is 0 Å². The van der Waals surface area contributed by atoms with E-state index in [-0.39, 0.29) is 17.7 Å². The van der Waals surface area contributed by atoms with Crippen LogP contribution in [-0.2, 0) is 22.3 Å². The summed E-state index contributed by atoms with van der Waals surface area (Å²) in [5.74, 6) is -0.330. The molecule has 8 heteroatoms. The van der Waals surface area contributed by atoms with E-state index in [1.165, 1.54) is 19.1 Å². The summed E-state index contributed by atoms with van der Waals surface area (Å²) in [6.45, 7) is 8.04. The molecule has 0 spiro atoms. The van der Waals surface area contributed by atoms with Gasteiger partial charge in [-0.3, -0.25) is 14.5 Å². The molecule has 0 aliphatic carbocycles. The zero-order valence-corrected chi connectivity index (χ0v) is 15.8. The van der Waals surface area contributed by atoms with Crippen LogP contribution >= 0.6 is 0 Å². The monoisotopic (exact) mass is 385 g/mol. The maximum absolute atomic E-state index is 12.7. The van der Waals surface area contributed by atoms with E-state index in [0.29, 0.717) is 32.7 Å². The Labute approximate surface area is 157 Å². The average Bonchev–Trinajstić information content (AvgIpc) is 2.59. The van der Waals surface area contributed by atoms with Gasteiger partial charge >= 0.3 is 6.18 Å². The predicted octanol–water partition coefficient (Wildman–Crippen LogP) is 2.51. The second-order valence-electron chi connectivity index (χ2n) is 7.22. The molecule has 0 saturated carbocycles. The number of nitrogens with zero attached hydrogens (tertiary/aromatic N) is 2. The lowest BCUT2D eigenvalue weighted by Gasteiger charge is -2.37. The largest absolute Gasteiger partial charge is 0.416 e. The summed E-state index contributed by atoms with van der Waals surface area (Å²) in [6, 6.07) is 4.63. The summed E-state index contributed by atoms with van der Waals surface area (Å²) < 4.78 is 37.9. The van der Waals surface area contributed by atoms with Crippen molar-refractivity contribution < 1.29 is 22.8 Å². The standard InChI is InChI=1S/C19H26F3N3O2/c1-13(2)17(23-14(3)26)18(27)25-10-8-24(9-11-25)12-15-4-6-16(7-5-15)19(20,21)22/h4-7,13,17H,8-12H2,1-3H3,(H,23,26). The van der Waals surface area contributed by atoms with Crippen LogP contribution in [0.3, 0.4) is 0 Å². The SMILES string of the molecule is CC(=O)NC(C(=O)N1CCN(Cc2ccc(C(F)(F)F)cc2)CC1)C(C)C. The number of carbonyl (C=O) groups excluding carboxylic acids is 2. The molecule has 1 aliphatic rings. The Bertz CT molecular complexity index is 651. The van der Waals surface area contributed by atoms with Gasteiger partial charge in [0.25, 0.3) is 0 Å². The lowest BCUT2D eigenvalue weighted by Crippen LogP contribution is -2.56. The van der Waals surface area contributed by atoms with Crippen LogP contribution in [0.25, 0.3) is 0 Å². The van der Waals surface area contributed by atoms with E-state index in [0.717, 1.165) is 17.7 Å². The van der Waals surface area contributed by atoms with Crippen LogP contribution in [0.2, 0.25) is 0 Å². The van der Waals surface area contributed by atoms with Gasteiger partial charge in [0.2, 0.25) is 11.8 Å². The van der Waals surface area contributed by atoms with Crippen LogP contribution in [0, 0.1) is 5.92 Å². The van der Waals surface area contributed by atoms with E-state index in [1.807, 2.05) is 13.8 Å². The van der Waals surface area contributed by atoms with E-state index in [9.17, 15) is 22.8 Å². The Hall–Kier alpha value is -2.09. The van der Waals surface area contributed by atoms with Gasteiger partial charge in [-0.25, -0.2) is 0 Å². The molecule has 1 aromatic carbocycles. The van der Waals surface area contributed by atoms with Crippen LogP contribution in [0.4, 0.5) is 13.2 Å². The number of hydrogen-bond donors (Lipinski definition) is 1. The summed E-state index contributed by atoms with van der Waals surface area (Å²) in [5.41, 5.74) is 0.153. The Morgan fingerprint density at radius 1 is 1.07 bits per heavy atom. The molecular formula is C19H26F3N3O2. The van der Waals surface area contributed by atoms with Crippen molar-refractivity contribution in [2.45, 2.75) is 39.5 Å². The fraction of sp³-hybridized carbons (Fsp3) is 0.579. The molecule has 1 aromatic rings. The van der Waals surface area contributed by atoms with Crippen LogP contribution in [-0.4, -0.2) is 53.8 Å². The Balaban J connectivity index is 1.89. The molecule has 0 bridgehead atoms. The third-order valence-corrected chi connectivity index (χ3v) is 4.66. The fourth-order valence-corrected chi connectivity index (χ4v) is 3.11. The Morgan fingerprint density at radius 2 is 1.63 bits per heavy atom. The van der Waals surface area contributed by atoms with Crippen LogP contribution in [0.15, 0.2) is 24.3 Å². The molecule has 2 amide bonds. The van der Waals surface area contributed by atoms with Crippen molar-refractivity contribution in [1.29, 1.82) is 0 Å². The normalized spacial score (nSPS) is 17.1. The smallest absolute Gasteiger partial charge is 0.344 e. The number of carbonyl (C=O) groups is 2. The summed E-state index contributed by atoms with van der Waals surface area (Å²) in [6.07, 6.45) is -4.33. The maximum atomic E-state index is 12.7. The highest BCUT2D eigenvalue weighted by Gasteiger charge is 2.31. The fourth-order valence-electron chi connectivity index (χ4n) is 3.11. The first-order valence-electron chi connectivity index (χ1n) is 9.02. The van der Waals surface area contributed by atoms with Crippen molar-refractivity contribution in [2.75, 3.05) is 26.2 Å². The number of amides is 2. The molecule has 1 unspecified atom stereocenters. The number of rotatable bonds is 5. The van der Waals surface area contributed by atoms with Gasteiger partial charge in [-0.2, -0.15) is 13.2 Å². The van der Waals surface area contributed by atoms with Gasteiger partial charge in [-0.05, 0) is 23.6 Å². The van der Waals surface area contributed by atoms with Crippen LogP contribution < -0.4 is 5.32 Å². The second kappa shape index (κ2) is 8.73. The quantitative estimate of drug-likeness (QED) is 0.848. The maximum Gasteiger partial charge on any atom is 0.416 e. The van der Waals surface area contributed by atoms with Crippen molar-refractivity contribution in [2.24, 2.45) is 5.92 Å². The van der Waals surface area contributed by atoms with Crippen LogP contribution in [0.5, 0.6) is 0 Å². The molecule has 1 N–H and O–H groups in total. The molecule has 1 fully saturated rings. The second-order valence-corrected chi connectivity index (χ2v) is 7.22.